The molecular formula is C20H27N3O. The molecule has 1 aromatic carbocycles. The van der Waals surface area contributed by atoms with Crippen LogP contribution in [0, 0.1) is 22.7 Å². The standard InChI is InChI=1S/C20H27N3O/c1-3-24-17-8-6-16(7-9-17)23-13-15-12-20(2)18(23)14-22(19(15)20)11-5-4-10-21/h6-9,15,18-19H,3-5,11-14H2,1-2H3. The Morgan fingerprint density at radius 1 is 1.29 bits per heavy atom. The summed E-state index contributed by atoms with van der Waals surface area (Å²) in [5.41, 5.74) is 1.76. The first-order valence-corrected chi connectivity index (χ1v) is 9.28. The Bertz CT molecular complexity index is 637. The van der Waals surface area contributed by atoms with E-state index in [1.165, 1.54) is 18.7 Å². The third-order valence-electron chi connectivity index (χ3n) is 6.41. The van der Waals surface area contributed by atoms with Gasteiger partial charge in [0.25, 0.3) is 0 Å². The Labute approximate surface area is 145 Å². The maximum absolute atomic E-state index is 8.80. The lowest BCUT2D eigenvalue weighted by atomic mass is 9.54. The van der Waals surface area contributed by atoms with E-state index in [9.17, 15) is 0 Å². The highest BCUT2D eigenvalue weighted by molar-refractivity contribution is 5.53. The second kappa shape index (κ2) is 5.97. The fourth-order valence-corrected chi connectivity index (χ4v) is 5.54. The maximum atomic E-state index is 8.80. The van der Waals surface area contributed by atoms with Gasteiger partial charge in [-0.1, -0.05) is 6.92 Å². The predicted molar refractivity (Wildman–Crippen MR) is 95.2 cm³/mol. The average Bonchev–Trinajstić information content (AvgIpc) is 2.70. The molecule has 0 radical (unpaired) electrons. The molecule has 4 nitrogen and oxygen atoms in total. The minimum Gasteiger partial charge on any atom is -0.494 e. The number of likely N-dealkylation sites (tertiary alicyclic amines) is 1. The Morgan fingerprint density at radius 2 is 2.08 bits per heavy atom. The molecule has 4 aliphatic rings. The van der Waals surface area contributed by atoms with E-state index in [-0.39, 0.29) is 0 Å². The number of benzene rings is 1. The van der Waals surface area contributed by atoms with E-state index in [1.54, 1.807) is 0 Å². The molecule has 4 heteroatoms. The Kier molecular flexibility index (Phi) is 3.92. The van der Waals surface area contributed by atoms with Gasteiger partial charge in [-0.25, -0.2) is 0 Å². The normalized spacial score (nSPS) is 33.9. The van der Waals surface area contributed by atoms with Gasteiger partial charge in [0.05, 0.1) is 12.7 Å². The Hall–Kier alpha value is -1.73. The summed E-state index contributed by atoms with van der Waals surface area (Å²) in [5, 5.41) is 8.80. The quantitative estimate of drug-likeness (QED) is 0.753. The Balaban J connectivity index is 1.51. The molecule has 1 aromatic rings. The van der Waals surface area contributed by atoms with Crippen molar-refractivity contribution >= 4 is 5.69 Å². The summed E-state index contributed by atoms with van der Waals surface area (Å²) >= 11 is 0. The van der Waals surface area contributed by atoms with E-state index in [2.05, 4.69) is 47.1 Å². The number of anilines is 1. The van der Waals surface area contributed by atoms with Crippen molar-refractivity contribution < 1.29 is 4.74 Å². The summed E-state index contributed by atoms with van der Waals surface area (Å²) < 4.78 is 5.58. The van der Waals surface area contributed by atoms with Crippen LogP contribution in [0.5, 0.6) is 5.75 Å². The first-order valence-electron chi connectivity index (χ1n) is 9.28. The van der Waals surface area contributed by atoms with Crippen LogP contribution in [-0.4, -0.2) is 43.2 Å². The average molecular weight is 325 g/mol. The van der Waals surface area contributed by atoms with Gasteiger partial charge in [0.1, 0.15) is 5.75 Å². The van der Waals surface area contributed by atoms with Crippen LogP contribution in [0.15, 0.2) is 24.3 Å². The zero-order chi connectivity index (χ0) is 16.7. The van der Waals surface area contributed by atoms with Gasteiger partial charge >= 0.3 is 0 Å². The molecule has 3 saturated heterocycles. The summed E-state index contributed by atoms with van der Waals surface area (Å²) in [6.07, 6.45) is 3.05. The smallest absolute Gasteiger partial charge is 0.119 e. The minimum atomic E-state index is 0.425. The summed E-state index contributed by atoms with van der Waals surface area (Å²) in [5.74, 6) is 1.74. The number of piperidine rings is 2. The Morgan fingerprint density at radius 3 is 2.79 bits per heavy atom. The molecule has 1 saturated carbocycles. The second-order valence-corrected chi connectivity index (χ2v) is 7.77. The van der Waals surface area contributed by atoms with Crippen LogP contribution in [0.4, 0.5) is 5.69 Å². The summed E-state index contributed by atoms with van der Waals surface area (Å²) in [6.45, 7) is 8.61. The summed E-state index contributed by atoms with van der Waals surface area (Å²) in [4.78, 5) is 5.30. The van der Waals surface area contributed by atoms with Gasteiger partial charge in [-0.15, -0.1) is 0 Å². The third-order valence-corrected chi connectivity index (χ3v) is 6.41. The molecule has 4 bridgehead atoms. The van der Waals surface area contributed by atoms with Crippen molar-refractivity contribution in [2.45, 2.75) is 45.2 Å². The van der Waals surface area contributed by atoms with Crippen molar-refractivity contribution in [3.05, 3.63) is 24.3 Å². The summed E-state index contributed by atoms with van der Waals surface area (Å²) in [7, 11) is 0. The monoisotopic (exact) mass is 325 g/mol. The van der Waals surface area contributed by atoms with Gasteiger partial charge in [0.2, 0.25) is 0 Å². The molecule has 0 amide bonds. The number of ether oxygens (including phenoxy) is 1. The zero-order valence-electron chi connectivity index (χ0n) is 14.7. The van der Waals surface area contributed by atoms with Gasteiger partial charge in [-0.2, -0.15) is 5.26 Å². The first kappa shape index (κ1) is 15.8. The van der Waals surface area contributed by atoms with Crippen molar-refractivity contribution in [1.29, 1.82) is 5.26 Å². The topological polar surface area (TPSA) is 39.5 Å². The van der Waals surface area contributed by atoms with E-state index in [4.69, 9.17) is 10.00 Å². The molecule has 128 valence electrons. The molecular weight excluding hydrogens is 298 g/mol. The maximum Gasteiger partial charge on any atom is 0.119 e. The van der Waals surface area contributed by atoms with Gasteiger partial charge in [0, 0.05) is 42.7 Å². The van der Waals surface area contributed by atoms with Crippen molar-refractivity contribution in [2.24, 2.45) is 11.3 Å². The molecule has 0 N–H and O–H groups in total. The molecule has 0 spiro atoms. The van der Waals surface area contributed by atoms with Gasteiger partial charge in [-0.3, -0.25) is 4.90 Å². The van der Waals surface area contributed by atoms with E-state index < -0.39 is 0 Å². The van der Waals surface area contributed by atoms with Gasteiger partial charge in [0.15, 0.2) is 0 Å². The van der Waals surface area contributed by atoms with E-state index in [1.807, 2.05) is 6.92 Å². The zero-order valence-corrected chi connectivity index (χ0v) is 14.7. The SMILES string of the molecule is CCOc1ccc(N2CC3CC4(C)C3N(CCCC#N)CC24)cc1. The molecule has 3 aliphatic heterocycles. The lowest BCUT2D eigenvalue weighted by Gasteiger charge is -2.61. The molecule has 4 atom stereocenters. The number of fused-ring (bicyclic) bond motifs is 1. The van der Waals surface area contributed by atoms with Crippen LogP contribution in [0.2, 0.25) is 0 Å². The van der Waals surface area contributed by atoms with E-state index >= 15 is 0 Å². The fourth-order valence-electron chi connectivity index (χ4n) is 5.54. The van der Waals surface area contributed by atoms with Crippen molar-refractivity contribution in [1.82, 2.24) is 4.90 Å². The number of nitrogens with zero attached hydrogens (tertiary/aromatic N) is 3. The van der Waals surface area contributed by atoms with Gasteiger partial charge < -0.3 is 9.64 Å². The van der Waals surface area contributed by atoms with E-state index in [0.717, 1.165) is 37.2 Å². The molecule has 4 unspecified atom stereocenters. The highest BCUT2D eigenvalue weighted by Crippen LogP contribution is 2.60. The van der Waals surface area contributed by atoms with E-state index in [0.29, 0.717) is 24.5 Å². The second-order valence-electron chi connectivity index (χ2n) is 7.77. The lowest BCUT2D eigenvalue weighted by Crippen LogP contribution is -2.67. The highest BCUT2D eigenvalue weighted by atomic mass is 16.5. The van der Waals surface area contributed by atoms with Gasteiger partial charge in [-0.05, 0) is 56.5 Å². The van der Waals surface area contributed by atoms with Crippen LogP contribution in [-0.2, 0) is 0 Å². The predicted octanol–water partition coefficient (Wildman–Crippen LogP) is 3.29. The van der Waals surface area contributed by atoms with Crippen LogP contribution < -0.4 is 9.64 Å². The molecule has 0 aromatic heterocycles. The summed E-state index contributed by atoms with van der Waals surface area (Å²) in [6, 6.07) is 12.2. The van der Waals surface area contributed by atoms with Crippen LogP contribution in [0.3, 0.4) is 0 Å². The lowest BCUT2D eigenvalue weighted by molar-refractivity contribution is -0.0367. The molecule has 24 heavy (non-hydrogen) atoms. The minimum absolute atomic E-state index is 0.425. The number of hydrogen-bond acceptors (Lipinski definition) is 4. The van der Waals surface area contributed by atoms with Crippen molar-refractivity contribution in [2.75, 3.05) is 31.1 Å². The molecule has 4 fully saturated rings. The number of rotatable bonds is 6. The number of nitriles is 1. The molecule has 3 heterocycles. The van der Waals surface area contributed by atoms with Crippen molar-refractivity contribution in [3.8, 4) is 11.8 Å². The fraction of sp³-hybridized carbons (Fsp3) is 0.650. The molecule has 1 aliphatic carbocycles. The highest BCUT2D eigenvalue weighted by Gasteiger charge is 2.66. The van der Waals surface area contributed by atoms with Crippen LogP contribution >= 0.6 is 0 Å². The number of unbranched alkanes of at least 4 members (excludes halogenated alkanes) is 1. The number of hydrogen-bond donors (Lipinski definition) is 0. The first-order chi connectivity index (χ1) is 11.7. The van der Waals surface area contributed by atoms with Crippen LogP contribution in [0.25, 0.3) is 0 Å². The van der Waals surface area contributed by atoms with Crippen LogP contribution in [0.1, 0.15) is 33.1 Å². The van der Waals surface area contributed by atoms with Crippen molar-refractivity contribution in [3.63, 3.8) is 0 Å². The molecule has 5 rings (SSSR count). The third kappa shape index (κ3) is 2.29. The largest absolute Gasteiger partial charge is 0.494 e.